The summed E-state index contributed by atoms with van der Waals surface area (Å²) in [6.45, 7) is 7.76. The highest BCUT2D eigenvalue weighted by atomic mass is 32.2. The SMILES string of the molecule is Cc1ccc(-c2nc(C(=O)N3C[C@H]4CN5C(=O)[C@@H](NC(=O)OC(C)(C)C)CCCCC/C=C\[C@@H]6C[C@@]6(C(=O)NS(=O)(=O)C6CC6)NC(=O)[C@@H]5[C@H]4C3)cs2)cc1. The van der Waals surface area contributed by atoms with Gasteiger partial charge in [0.1, 0.15) is 33.9 Å². The molecule has 0 radical (unpaired) electrons. The van der Waals surface area contributed by atoms with E-state index in [9.17, 15) is 32.4 Å². The van der Waals surface area contributed by atoms with E-state index in [-0.39, 0.29) is 37.9 Å². The van der Waals surface area contributed by atoms with Crippen molar-refractivity contribution >= 4 is 51.1 Å². The number of amides is 5. The minimum Gasteiger partial charge on any atom is -0.444 e. The summed E-state index contributed by atoms with van der Waals surface area (Å²) in [6.07, 6.45) is 7.42. The summed E-state index contributed by atoms with van der Waals surface area (Å²) < 4.78 is 33.5. The molecular weight excluding hydrogens is 745 g/mol. The molecule has 5 amide bonds. The van der Waals surface area contributed by atoms with E-state index < -0.39 is 74.1 Å². The van der Waals surface area contributed by atoms with Gasteiger partial charge >= 0.3 is 6.09 Å². The molecule has 0 unspecified atom stereocenters. The highest BCUT2D eigenvalue weighted by molar-refractivity contribution is 7.91. The summed E-state index contributed by atoms with van der Waals surface area (Å²) in [5.74, 6) is -3.34. The van der Waals surface area contributed by atoms with E-state index in [1.54, 1.807) is 31.1 Å². The molecule has 2 saturated heterocycles. The lowest BCUT2D eigenvalue weighted by molar-refractivity contribution is -0.142. The number of ether oxygens (including phenoxy) is 1. The Kier molecular flexibility index (Phi) is 10.6. The predicted molar refractivity (Wildman–Crippen MR) is 205 cm³/mol. The van der Waals surface area contributed by atoms with Crippen LogP contribution >= 0.6 is 11.3 Å². The molecule has 2 aliphatic carbocycles. The van der Waals surface area contributed by atoms with E-state index >= 15 is 0 Å². The minimum atomic E-state index is -3.90. The van der Waals surface area contributed by atoms with Crippen LogP contribution in [0.25, 0.3) is 10.6 Å². The van der Waals surface area contributed by atoms with Crippen molar-refractivity contribution in [2.75, 3.05) is 19.6 Å². The van der Waals surface area contributed by atoms with Gasteiger partial charge in [-0.05, 0) is 66.2 Å². The van der Waals surface area contributed by atoms with Crippen LogP contribution in [0.15, 0.2) is 41.8 Å². The molecule has 55 heavy (non-hydrogen) atoms. The van der Waals surface area contributed by atoms with E-state index in [1.165, 1.54) is 16.2 Å². The van der Waals surface area contributed by atoms with Gasteiger partial charge in [-0.25, -0.2) is 18.2 Å². The minimum absolute atomic E-state index is 0.141. The maximum Gasteiger partial charge on any atom is 0.408 e. The van der Waals surface area contributed by atoms with Crippen LogP contribution in [-0.2, 0) is 29.1 Å². The number of rotatable bonds is 6. The van der Waals surface area contributed by atoms with E-state index in [0.717, 1.165) is 24.0 Å². The standard InChI is InChI=1S/C39H50N6O8S2/c1-23-12-14-24(15-13-23)33-40-30(22-54-33)34(47)44-19-25-20-45-31(28(25)21-44)32(46)42-39(36(49)43-55(51,52)27-16-17-27)18-26(39)10-8-6-5-7-9-11-29(35(45)48)41-37(50)53-38(2,3)4/h8,10,12-15,22,25-29,31H,5-7,9,11,16-21H2,1-4H3,(H,41,50)(H,42,46)(H,43,49)/b10-8-/t25-,26+,28-,29-,31-,39+/m0/s1. The lowest BCUT2D eigenvalue weighted by Gasteiger charge is -2.33. The monoisotopic (exact) mass is 794 g/mol. The number of nitrogens with zero attached hydrogens (tertiary/aromatic N) is 3. The molecule has 2 aromatic rings. The van der Waals surface area contributed by atoms with Crippen LogP contribution in [-0.4, -0.2) is 101 Å². The summed E-state index contributed by atoms with van der Waals surface area (Å²) in [6, 6.07) is 5.81. The van der Waals surface area contributed by atoms with Crippen molar-refractivity contribution < 1.29 is 37.1 Å². The lowest BCUT2D eigenvalue weighted by atomic mass is 9.93. The van der Waals surface area contributed by atoms with Crippen LogP contribution in [0.2, 0.25) is 0 Å². The number of benzene rings is 1. The fourth-order valence-electron chi connectivity index (χ4n) is 8.05. The van der Waals surface area contributed by atoms with Crippen LogP contribution in [0.3, 0.4) is 0 Å². The van der Waals surface area contributed by atoms with Crippen LogP contribution in [0.5, 0.6) is 0 Å². The van der Waals surface area contributed by atoms with E-state index in [4.69, 9.17) is 4.74 Å². The third kappa shape index (κ3) is 8.44. The molecule has 16 heteroatoms. The third-order valence-corrected chi connectivity index (χ3v) is 13.9. The molecule has 4 heterocycles. The third-order valence-electron chi connectivity index (χ3n) is 11.2. The Bertz CT molecular complexity index is 1990. The zero-order valence-electron chi connectivity index (χ0n) is 31.7. The largest absolute Gasteiger partial charge is 0.444 e. The van der Waals surface area contributed by atoms with Gasteiger partial charge in [-0.3, -0.25) is 23.9 Å². The summed E-state index contributed by atoms with van der Waals surface area (Å²) in [5, 5.41) is 7.49. The van der Waals surface area contributed by atoms with Crippen molar-refractivity contribution in [1.82, 2.24) is 30.1 Å². The Balaban J connectivity index is 1.17. The fourth-order valence-corrected chi connectivity index (χ4v) is 10.2. The van der Waals surface area contributed by atoms with Crippen molar-refractivity contribution in [3.8, 4) is 10.6 Å². The molecule has 1 aromatic heterocycles. The molecule has 6 atom stereocenters. The second kappa shape index (κ2) is 15.0. The molecule has 3 aliphatic heterocycles. The smallest absolute Gasteiger partial charge is 0.408 e. The van der Waals surface area contributed by atoms with Gasteiger partial charge in [0, 0.05) is 48.3 Å². The topological polar surface area (TPSA) is 184 Å². The number of thiazole rings is 1. The molecule has 2 saturated carbocycles. The number of allylic oxidation sites excluding steroid dienone is 1. The van der Waals surface area contributed by atoms with E-state index in [0.29, 0.717) is 42.8 Å². The number of sulfonamides is 1. The van der Waals surface area contributed by atoms with Gasteiger partial charge in [0.25, 0.3) is 11.8 Å². The van der Waals surface area contributed by atoms with Crippen LogP contribution in [0.4, 0.5) is 4.79 Å². The number of hydrogen-bond acceptors (Lipinski definition) is 10. The van der Waals surface area contributed by atoms with Crippen LogP contribution in [0.1, 0.15) is 88.2 Å². The Morgan fingerprint density at radius 1 is 1.02 bits per heavy atom. The molecule has 7 rings (SSSR count). The van der Waals surface area contributed by atoms with Gasteiger partial charge in [-0.1, -0.05) is 54.8 Å². The van der Waals surface area contributed by atoms with Crippen molar-refractivity contribution in [3.63, 3.8) is 0 Å². The molecule has 0 spiro atoms. The molecule has 296 valence electrons. The first kappa shape index (κ1) is 38.9. The first-order chi connectivity index (χ1) is 26.0. The first-order valence-corrected chi connectivity index (χ1v) is 21.6. The number of hydrogen-bond donors (Lipinski definition) is 3. The summed E-state index contributed by atoms with van der Waals surface area (Å²) >= 11 is 1.37. The maximum atomic E-state index is 14.6. The normalized spacial score (nSPS) is 29.1. The van der Waals surface area contributed by atoms with Gasteiger partial charge in [-0.15, -0.1) is 11.3 Å². The Hall–Kier alpha value is -4.31. The predicted octanol–water partition coefficient (Wildman–Crippen LogP) is 3.91. The molecule has 4 fully saturated rings. The van der Waals surface area contributed by atoms with E-state index in [1.807, 2.05) is 43.3 Å². The molecule has 1 aromatic carbocycles. The molecule has 14 nitrogen and oxygen atoms in total. The number of nitrogens with one attached hydrogen (secondary N) is 3. The quantitative estimate of drug-likeness (QED) is 0.365. The Labute approximate surface area is 325 Å². The van der Waals surface area contributed by atoms with E-state index in [2.05, 4.69) is 20.3 Å². The second-order valence-electron chi connectivity index (χ2n) is 16.7. The van der Waals surface area contributed by atoms with Gasteiger partial charge in [-0.2, -0.15) is 0 Å². The fraction of sp³-hybridized carbons (Fsp3) is 0.590. The lowest BCUT2D eigenvalue weighted by Crippen LogP contribution is -2.60. The van der Waals surface area contributed by atoms with Gasteiger partial charge < -0.3 is 25.2 Å². The first-order valence-electron chi connectivity index (χ1n) is 19.2. The number of carbonyl (C=O) groups is 5. The Morgan fingerprint density at radius 2 is 1.76 bits per heavy atom. The number of fused-ring (bicyclic) bond motifs is 4. The Morgan fingerprint density at radius 3 is 2.47 bits per heavy atom. The van der Waals surface area contributed by atoms with Crippen molar-refractivity contribution in [2.24, 2.45) is 17.8 Å². The van der Waals surface area contributed by atoms with Gasteiger partial charge in [0.15, 0.2) is 0 Å². The van der Waals surface area contributed by atoms with Crippen molar-refractivity contribution in [2.45, 2.75) is 108 Å². The van der Waals surface area contributed by atoms with Crippen LogP contribution < -0.4 is 15.4 Å². The molecule has 3 N–H and O–H groups in total. The summed E-state index contributed by atoms with van der Waals surface area (Å²) in [7, 11) is -3.90. The number of aromatic nitrogens is 1. The zero-order chi connectivity index (χ0) is 39.3. The van der Waals surface area contributed by atoms with Crippen LogP contribution in [0, 0.1) is 24.7 Å². The van der Waals surface area contributed by atoms with Gasteiger partial charge in [0.05, 0.1) is 5.25 Å². The molecule has 5 aliphatic rings. The molecular formula is C39H50N6O8S2. The van der Waals surface area contributed by atoms with Crippen molar-refractivity contribution in [3.05, 3.63) is 53.1 Å². The number of aryl methyl sites for hydroxylation is 1. The maximum absolute atomic E-state index is 14.6. The van der Waals surface area contributed by atoms with Crippen molar-refractivity contribution in [1.29, 1.82) is 0 Å². The summed E-state index contributed by atoms with van der Waals surface area (Å²) in [5.41, 5.74) is -0.0109. The highest BCUT2D eigenvalue weighted by Crippen LogP contribution is 2.47. The van der Waals surface area contributed by atoms with Gasteiger partial charge in [0.2, 0.25) is 21.8 Å². The summed E-state index contributed by atoms with van der Waals surface area (Å²) in [4.78, 5) is 77.6. The number of likely N-dealkylation sites (tertiary alicyclic amines) is 1. The molecule has 0 bridgehead atoms. The average molecular weight is 795 g/mol. The zero-order valence-corrected chi connectivity index (χ0v) is 33.3. The average Bonchev–Trinajstić information content (AvgIpc) is 3.93. The number of alkyl carbamates (subject to hydrolysis) is 1. The second-order valence-corrected chi connectivity index (χ2v) is 19.5. The number of carbonyl (C=O) groups excluding carboxylic acids is 5. The highest BCUT2D eigenvalue weighted by Gasteiger charge is 2.63.